The van der Waals surface area contributed by atoms with Crippen LogP contribution in [0.2, 0.25) is 0 Å². The van der Waals surface area contributed by atoms with E-state index in [0.717, 1.165) is 0 Å². The predicted octanol–water partition coefficient (Wildman–Crippen LogP) is 8.88. The van der Waals surface area contributed by atoms with Crippen molar-refractivity contribution in [1.82, 2.24) is 10.1 Å². The molecular weight excluding hydrogens is 652 g/mol. The van der Waals surface area contributed by atoms with Gasteiger partial charge in [-0.1, -0.05) is 17.3 Å². The molecule has 0 aliphatic heterocycles. The fourth-order valence-corrected chi connectivity index (χ4v) is 7.91. The van der Waals surface area contributed by atoms with Crippen molar-refractivity contribution in [2.45, 2.75) is 108 Å². The second-order valence-corrected chi connectivity index (χ2v) is 14.4. The molecule has 0 radical (unpaired) electrons. The fraction of sp³-hybridized carbons (Fsp3) is 0.583. The van der Waals surface area contributed by atoms with Crippen molar-refractivity contribution >= 4 is 11.6 Å². The highest BCUT2D eigenvalue weighted by Gasteiger charge is 2.55. The van der Waals surface area contributed by atoms with Crippen molar-refractivity contribution in [1.29, 1.82) is 0 Å². The number of nitrogens with zero attached hydrogens (tertiary/aromatic N) is 3. The molecule has 2 aromatic carbocycles. The first-order chi connectivity index (χ1) is 23.1. The van der Waals surface area contributed by atoms with E-state index in [4.69, 9.17) is 9.26 Å². The molecule has 7 nitrogen and oxygen atoms in total. The zero-order valence-corrected chi connectivity index (χ0v) is 27.6. The van der Waals surface area contributed by atoms with E-state index < -0.39 is 47.7 Å². The second kappa shape index (κ2) is 12.9. The summed E-state index contributed by atoms with van der Waals surface area (Å²) in [5, 5.41) is 14.1. The van der Waals surface area contributed by atoms with E-state index in [1.807, 2.05) is 6.92 Å². The number of anilines is 1. The summed E-state index contributed by atoms with van der Waals surface area (Å²) in [6.45, 7) is 3.35. The number of alkyl halides is 5. The third-order valence-electron chi connectivity index (χ3n) is 11.1. The highest BCUT2D eigenvalue weighted by Crippen LogP contribution is 2.58. The third-order valence-corrected chi connectivity index (χ3v) is 11.1. The molecule has 13 heteroatoms. The average molecular weight is 694 g/mol. The number of rotatable bonds is 10. The molecule has 1 amide bonds. The van der Waals surface area contributed by atoms with Crippen LogP contribution in [0.5, 0.6) is 5.75 Å². The highest BCUT2D eigenvalue weighted by atomic mass is 19.4. The molecular formula is C36H41F6N3O4. The van der Waals surface area contributed by atoms with Gasteiger partial charge in [-0.15, -0.1) is 0 Å². The minimum Gasteiger partial charge on any atom is -0.494 e. The summed E-state index contributed by atoms with van der Waals surface area (Å²) < 4.78 is 93.8. The van der Waals surface area contributed by atoms with Gasteiger partial charge >= 0.3 is 12.1 Å². The number of carbonyl (C=O) groups excluding carboxylic acids is 1. The highest BCUT2D eigenvalue weighted by molar-refractivity contribution is 5.94. The molecule has 4 fully saturated rings. The Bertz CT molecular complexity index is 1620. The van der Waals surface area contributed by atoms with Crippen molar-refractivity contribution in [2.24, 2.45) is 11.3 Å². The van der Waals surface area contributed by atoms with E-state index in [1.54, 1.807) is 41.3 Å². The molecule has 3 aromatic rings. The Labute approximate surface area is 281 Å². The molecule has 1 aromatic heterocycles. The Balaban J connectivity index is 1.25. The minimum atomic E-state index is -4.74. The first kappa shape index (κ1) is 35.2. The molecule has 4 aliphatic rings. The number of ether oxygens (including phenoxy) is 1. The average Bonchev–Trinajstić information content (AvgIpc) is 3.59. The van der Waals surface area contributed by atoms with Crippen LogP contribution in [0.3, 0.4) is 0 Å². The molecule has 0 spiro atoms. The van der Waals surface area contributed by atoms with E-state index in [1.165, 1.54) is 6.07 Å². The minimum absolute atomic E-state index is 0.0133. The molecule has 2 bridgehead atoms. The van der Waals surface area contributed by atoms with Gasteiger partial charge in [-0.05, 0) is 118 Å². The molecule has 0 unspecified atom stereocenters. The molecule has 266 valence electrons. The Kier molecular flexibility index (Phi) is 9.30. The van der Waals surface area contributed by atoms with Crippen LogP contribution in [-0.2, 0) is 16.1 Å². The monoisotopic (exact) mass is 693 g/mol. The molecule has 0 atom stereocenters. The lowest BCUT2D eigenvalue weighted by molar-refractivity contribution is -0.271. The number of hydrogen-bond acceptors (Lipinski definition) is 6. The van der Waals surface area contributed by atoms with Gasteiger partial charge in [0.05, 0.1) is 6.61 Å². The van der Waals surface area contributed by atoms with Crippen LogP contribution < -0.4 is 9.64 Å². The van der Waals surface area contributed by atoms with Crippen molar-refractivity contribution in [3.05, 3.63) is 60.0 Å². The lowest BCUT2D eigenvalue weighted by Crippen LogP contribution is -2.51. The lowest BCUT2D eigenvalue weighted by Gasteiger charge is -2.53. The van der Waals surface area contributed by atoms with Gasteiger partial charge in [0, 0.05) is 36.6 Å². The van der Waals surface area contributed by atoms with Gasteiger partial charge in [0.1, 0.15) is 11.6 Å². The predicted molar refractivity (Wildman–Crippen MR) is 169 cm³/mol. The standard InChI is InChI=1S/C36H41F6N3O4/c1-3-48-26-7-4-24(5-8-26)27-21-25(6-9-28(27)37)45(29(46)20-23-10-12-35(47,13-11-23)36(40,41)42)22-33-14-17-34(18-15-33,19-16-33)30-43-31(49-44-30)32(2,38)39/h4-9,21,23,47H,3,10-20,22H2,1-2H3. The van der Waals surface area contributed by atoms with E-state index in [2.05, 4.69) is 10.1 Å². The molecule has 4 aliphatic carbocycles. The van der Waals surface area contributed by atoms with Crippen LogP contribution >= 0.6 is 0 Å². The van der Waals surface area contributed by atoms with Crippen LogP contribution in [0.15, 0.2) is 47.0 Å². The SMILES string of the molecule is CCOc1ccc(-c2cc(N(CC34CCC(c5noc(C(C)(F)F)n5)(CC3)CC4)C(=O)CC3CCC(O)(C(F)(F)F)CC3)ccc2F)cc1. The molecule has 7 rings (SSSR count). The van der Waals surface area contributed by atoms with Crippen molar-refractivity contribution in [3.8, 4) is 16.9 Å². The summed E-state index contributed by atoms with van der Waals surface area (Å²) in [5.41, 5.74) is -2.23. The zero-order chi connectivity index (χ0) is 35.2. The van der Waals surface area contributed by atoms with Gasteiger partial charge in [-0.3, -0.25) is 4.79 Å². The van der Waals surface area contributed by atoms with E-state index in [9.17, 15) is 31.9 Å². The maximum absolute atomic E-state index is 15.3. The third kappa shape index (κ3) is 7.05. The first-order valence-electron chi connectivity index (χ1n) is 16.9. The van der Waals surface area contributed by atoms with Crippen LogP contribution in [0.4, 0.5) is 32.0 Å². The van der Waals surface area contributed by atoms with Gasteiger partial charge in [-0.25, -0.2) is 4.39 Å². The summed E-state index contributed by atoms with van der Waals surface area (Å²) >= 11 is 0. The maximum Gasteiger partial charge on any atom is 0.417 e. The molecule has 1 heterocycles. The topological polar surface area (TPSA) is 88.7 Å². The number of aromatic nitrogens is 2. The van der Waals surface area contributed by atoms with Crippen LogP contribution in [0.1, 0.15) is 96.2 Å². The fourth-order valence-electron chi connectivity index (χ4n) is 7.91. The summed E-state index contributed by atoms with van der Waals surface area (Å²) in [4.78, 5) is 19.9. The molecule has 1 N–H and O–H groups in total. The number of halogens is 6. The number of amides is 1. The summed E-state index contributed by atoms with van der Waals surface area (Å²) in [6, 6.07) is 11.4. The molecule has 0 saturated heterocycles. The number of carbonyl (C=O) groups is 1. The van der Waals surface area contributed by atoms with Crippen molar-refractivity contribution in [3.63, 3.8) is 0 Å². The smallest absolute Gasteiger partial charge is 0.417 e. The van der Waals surface area contributed by atoms with Crippen LogP contribution in [0, 0.1) is 17.2 Å². The van der Waals surface area contributed by atoms with E-state index in [0.29, 0.717) is 75.6 Å². The number of fused-ring (bicyclic) bond motifs is 3. The van der Waals surface area contributed by atoms with Gasteiger partial charge in [0.25, 0.3) is 5.89 Å². The molecule has 49 heavy (non-hydrogen) atoms. The zero-order valence-electron chi connectivity index (χ0n) is 27.6. The summed E-state index contributed by atoms with van der Waals surface area (Å²) in [5.74, 6) is -4.16. The largest absolute Gasteiger partial charge is 0.494 e. The van der Waals surface area contributed by atoms with Crippen molar-refractivity contribution < 1.29 is 45.5 Å². The van der Waals surface area contributed by atoms with Gasteiger partial charge in [0.2, 0.25) is 5.91 Å². The summed E-state index contributed by atoms with van der Waals surface area (Å²) in [7, 11) is 0. The first-order valence-corrected chi connectivity index (χ1v) is 16.9. The van der Waals surface area contributed by atoms with Crippen molar-refractivity contribution in [2.75, 3.05) is 18.1 Å². The Morgan fingerprint density at radius 1 is 0.980 bits per heavy atom. The number of aliphatic hydroxyl groups is 1. The quantitative estimate of drug-likeness (QED) is 0.214. The number of benzene rings is 2. The van der Waals surface area contributed by atoms with E-state index in [-0.39, 0.29) is 47.9 Å². The second-order valence-electron chi connectivity index (χ2n) is 14.4. The van der Waals surface area contributed by atoms with E-state index >= 15 is 4.39 Å². The Hall–Kier alpha value is -3.61. The lowest BCUT2D eigenvalue weighted by atomic mass is 9.53. The van der Waals surface area contributed by atoms with Gasteiger partial charge in [0.15, 0.2) is 11.4 Å². The van der Waals surface area contributed by atoms with Crippen LogP contribution in [-0.4, -0.2) is 46.1 Å². The maximum atomic E-state index is 15.3. The Morgan fingerprint density at radius 2 is 1.61 bits per heavy atom. The molecule has 4 saturated carbocycles. The summed E-state index contributed by atoms with van der Waals surface area (Å²) in [6.07, 6.45) is -1.76. The number of hydrogen-bond donors (Lipinski definition) is 1. The van der Waals surface area contributed by atoms with Gasteiger partial charge in [-0.2, -0.15) is 26.9 Å². The normalized spacial score (nSPS) is 27.2. The van der Waals surface area contributed by atoms with Crippen LogP contribution in [0.25, 0.3) is 11.1 Å². The Morgan fingerprint density at radius 3 is 2.16 bits per heavy atom. The van der Waals surface area contributed by atoms with Gasteiger partial charge < -0.3 is 19.3 Å².